The number of nitrogens with one attached hydrogen (secondary N) is 3. The molecular weight excluding hydrogens is 541 g/mol. The zero-order chi connectivity index (χ0) is 29.3. The molecule has 9 nitrogen and oxygen atoms in total. The summed E-state index contributed by atoms with van der Waals surface area (Å²) in [6, 6.07) is 11.5. The molecule has 0 spiro atoms. The first-order chi connectivity index (χ1) is 21.0. The number of aryl methyl sites for hydroxylation is 1. The summed E-state index contributed by atoms with van der Waals surface area (Å²) in [7, 11) is 0. The summed E-state index contributed by atoms with van der Waals surface area (Å²) in [6.45, 7) is 7.58. The third-order valence-corrected chi connectivity index (χ3v) is 7.94. The van der Waals surface area contributed by atoms with Crippen molar-refractivity contribution in [2.45, 2.75) is 45.6 Å². The average molecular weight is 576 g/mol. The summed E-state index contributed by atoms with van der Waals surface area (Å²) >= 11 is 0. The molecule has 3 N–H and O–H groups in total. The number of H-pyrrole nitrogens is 2. The molecule has 0 radical (unpaired) electrons. The molecule has 6 aromatic rings. The van der Waals surface area contributed by atoms with Gasteiger partial charge in [-0.3, -0.25) is 15.1 Å². The van der Waals surface area contributed by atoms with E-state index in [0.29, 0.717) is 28.7 Å². The minimum absolute atomic E-state index is 0.261. The second-order valence-corrected chi connectivity index (χ2v) is 11.6. The van der Waals surface area contributed by atoms with Gasteiger partial charge in [-0.2, -0.15) is 5.10 Å². The van der Waals surface area contributed by atoms with E-state index in [1.54, 1.807) is 18.5 Å². The molecule has 6 heterocycles. The van der Waals surface area contributed by atoms with Crippen molar-refractivity contribution in [1.29, 1.82) is 0 Å². The monoisotopic (exact) mass is 575 g/mol. The van der Waals surface area contributed by atoms with Gasteiger partial charge in [0.2, 0.25) is 0 Å². The quantitative estimate of drug-likeness (QED) is 0.178. The van der Waals surface area contributed by atoms with Crippen LogP contribution in [0.15, 0.2) is 61.2 Å². The Balaban J connectivity index is 1.21. The molecule has 1 saturated heterocycles. The van der Waals surface area contributed by atoms with Crippen molar-refractivity contribution >= 4 is 27.8 Å². The fraction of sp³-hybridized carbons (Fsp3) is 0.303. The molecule has 0 saturated carbocycles. The third-order valence-electron chi connectivity index (χ3n) is 7.94. The number of fused-ring (bicyclic) bond motifs is 2. The standard InChI is InChI=1S/C33H34FN9/c1-20(2)38-26-15-23(17-35-19-26)24-16-27-30(41-42-32(27)37-18-24)33-39-28-7-8-36-29(31(28)40-33)22-12-21(13-25(34)14-22)6-5-11-43-9-3-4-10-43/h7-8,12-20,38H,3-6,9-11H2,1-2H3,(H,39,40)(H,37,41,42). The highest BCUT2D eigenvalue weighted by Gasteiger charge is 2.18. The van der Waals surface area contributed by atoms with Gasteiger partial charge in [0, 0.05) is 47.5 Å². The van der Waals surface area contributed by atoms with Gasteiger partial charge in [0.25, 0.3) is 0 Å². The van der Waals surface area contributed by atoms with Crippen molar-refractivity contribution in [3.8, 4) is 33.9 Å². The van der Waals surface area contributed by atoms with Gasteiger partial charge in [-0.05, 0) is 101 Å². The summed E-state index contributed by atoms with van der Waals surface area (Å²) in [4.78, 5) is 24.5. The predicted octanol–water partition coefficient (Wildman–Crippen LogP) is 6.61. The Morgan fingerprint density at radius 3 is 2.70 bits per heavy atom. The number of aromatic amines is 2. The van der Waals surface area contributed by atoms with Gasteiger partial charge in [-0.1, -0.05) is 0 Å². The predicted molar refractivity (Wildman–Crippen MR) is 168 cm³/mol. The molecule has 43 heavy (non-hydrogen) atoms. The zero-order valence-electron chi connectivity index (χ0n) is 24.4. The van der Waals surface area contributed by atoms with Gasteiger partial charge in [-0.15, -0.1) is 0 Å². The van der Waals surface area contributed by atoms with Crippen molar-refractivity contribution in [2.75, 3.05) is 25.0 Å². The molecule has 0 atom stereocenters. The molecule has 1 fully saturated rings. The van der Waals surface area contributed by atoms with Crippen LogP contribution in [0.3, 0.4) is 0 Å². The van der Waals surface area contributed by atoms with E-state index in [1.165, 1.54) is 32.0 Å². The molecule has 0 unspecified atom stereocenters. The fourth-order valence-corrected chi connectivity index (χ4v) is 5.96. The number of anilines is 1. The minimum atomic E-state index is -0.261. The van der Waals surface area contributed by atoms with Crippen LogP contribution in [0.25, 0.3) is 56.0 Å². The number of benzene rings is 1. The maximum absolute atomic E-state index is 14.8. The van der Waals surface area contributed by atoms with E-state index < -0.39 is 0 Å². The summed E-state index contributed by atoms with van der Waals surface area (Å²) in [5, 5.41) is 11.8. The van der Waals surface area contributed by atoms with Crippen LogP contribution in [0, 0.1) is 5.82 Å². The largest absolute Gasteiger partial charge is 0.382 e. The molecule has 0 aliphatic carbocycles. The van der Waals surface area contributed by atoms with Gasteiger partial charge in [0.1, 0.15) is 17.0 Å². The number of pyridine rings is 3. The SMILES string of the molecule is CC(C)Nc1cncc(-c2cnc3n[nH]c(-c4nc5c(-c6cc(F)cc(CCCN7CCCC7)c6)nccc5[nH]4)c3c2)c1. The average Bonchev–Trinajstić information content (AvgIpc) is 3.76. The van der Waals surface area contributed by atoms with Crippen LogP contribution in [-0.2, 0) is 6.42 Å². The van der Waals surface area contributed by atoms with Crippen molar-refractivity contribution < 1.29 is 4.39 Å². The minimum Gasteiger partial charge on any atom is -0.382 e. The Morgan fingerprint density at radius 2 is 1.84 bits per heavy atom. The van der Waals surface area contributed by atoms with Crippen LogP contribution < -0.4 is 5.32 Å². The van der Waals surface area contributed by atoms with E-state index in [9.17, 15) is 4.39 Å². The Bertz CT molecular complexity index is 1900. The molecule has 1 aliphatic heterocycles. The van der Waals surface area contributed by atoms with E-state index in [4.69, 9.17) is 4.98 Å². The van der Waals surface area contributed by atoms with Crippen molar-refractivity contribution in [2.24, 2.45) is 0 Å². The highest BCUT2D eigenvalue weighted by Crippen LogP contribution is 2.32. The van der Waals surface area contributed by atoms with Gasteiger partial charge < -0.3 is 15.2 Å². The summed E-state index contributed by atoms with van der Waals surface area (Å²) in [5.74, 6) is 0.352. The van der Waals surface area contributed by atoms with E-state index in [2.05, 4.69) is 60.3 Å². The van der Waals surface area contributed by atoms with Crippen LogP contribution in [0.2, 0.25) is 0 Å². The van der Waals surface area contributed by atoms with Crippen LogP contribution in [0.1, 0.15) is 38.7 Å². The summed E-state index contributed by atoms with van der Waals surface area (Å²) in [6.07, 6.45) is 11.6. The lowest BCUT2D eigenvalue weighted by Gasteiger charge is -2.14. The number of likely N-dealkylation sites (tertiary alicyclic amines) is 1. The lowest BCUT2D eigenvalue weighted by Crippen LogP contribution is -2.20. The first kappa shape index (κ1) is 27.2. The molecule has 0 bridgehead atoms. The lowest BCUT2D eigenvalue weighted by molar-refractivity contribution is 0.334. The van der Waals surface area contributed by atoms with Crippen molar-refractivity contribution in [3.63, 3.8) is 0 Å². The van der Waals surface area contributed by atoms with Gasteiger partial charge in [0.05, 0.1) is 22.3 Å². The first-order valence-electron chi connectivity index (χ1n) is 14.9. The van der Waals surface area contributed by atoms with Crippen LogP contribution in [0.4, 0.5) is 10.1 Å². The number of imidazole rings is 1. The number of halogens is 1. The Morgan fingerprint density at radius 1 is 0.977 bits per heavy atom. The number of hydrogen-bond donors (Lipinski definition) is 3. The molecule has 0 amide bonds. The molecule has 1 aliphatic rings. The van der Waals surface area contributed by atoms with Gasteiger partial charge in [0.15, 0.2) is 11.5 Å². The van der Waals surface area contributed by atoms with Crippen molar-refractivity contribution in [1.82, 2.24) is 40.0 Å². The molecule has 1 aromatic carbocycles. The number of rotatable bonds is 9. The number of aromatic nitrogens is 7. The number of nitrogens with zero attached hydrogens (tertiary/aromatic N) is 6. The second kappa shape index (κ2) is 11.5. The van der Waals surface area contributed by atoms with Crippen molar-refractivity contribution in [3.05, 3.63) is 72.6 Å². The topological polar surface area (TPSA) is 111 Å². The fourth-order valence-electron chi connectivity index (χ4n) is 5.96. The van der Waals surface area contributed by atoms with Crippen LogP contribution in [0.5, 0.6) is 0 Å². The maximum atomic E-state index is 14.8. The zero-order valence-corrected chi connectivity index (χ0v) is 24.4. The molecule has 10 heteroatoms. The Labute approximate surface area is 249 Å². The van der Waals surface area contributed by atoms with Gasteiger partial charge in [-0.25, -0.2) is 14.4 Å². The van der Waals surface area contributed by atoms with E-state index in [0.717, 1.165) is 63.9 Å². The number of hydrogen-bond acceptors (Lipinski definition) is 7. The highest BCUT2D eigenvalue weighted by molar-refractivity contribution is 5.96. The molecule has 5 aromatic heterocycles. The Hall–Kier alpha value is -4.70. The third kappa shape index (κ3) is 5.70. The van der Waals surface area contributed by atoms with E-state index in [-0.39, 0.29) is 5.82 Å². The first-order valence-corrected chi connectivity index (χ1v) is 14.9. The summed E-state index contributed by atoms with van der Waals surface area (Å²) < 4.78 is 14.8. The Kier molecular flexibility index (Phi) is 7.28. The lowest BCUT2D eigenvalue weighted by atomic mass is 10.0. The van der Waals surface area contributed by atoms with E-state index in [1.807, 2.05) is 30.6 Å². The molecule has 7 rings (SSSR count). The van der Waals surface area contributed by atoms with Crippen LogP contribution >= 0.6 is 0 Å². The van der Waals surface area contributed by atoms with Gasteiger partial charge >= 0.3 is 0 Å². The highest BCUT2D eigenvalue weighted by atomic mass is 19.1. The maximum Gasteiger partial charge on any atom is 0.181 e. The molecular formula is C33H34FN9. The second-order valence-electron chi connectivity index (χ2n) is 11.6. The summed E-state index contributed by atoms with van der Waals surface area (Å²) in [5.41, 5.74) is 7.95. The normalized spacial score (nSPS) is 14.0. The van der Waals surface area contributed by atoms with E-state index >= 15 is 0 Å². The van der Waals surface area contributed by atoms with Crippen LogP contribution in [-0.4, -0.2) is 65.7 Å². The molecule has 218 valence electrons. The smallest absolute Gasteiger partial charge is 0.181 e.